The monoisotopic (exact) mass is 732 g/mol. The minimum absolute atomic E-state index is 0.0211. The van der Waals surface area contributed by atoms with Gasteiger partial charge < -0.3 is 35.0 Å². The molecule has 4 N–H and O–H groups in total. The highest BCUT2D eigenvalue weighted by atomic mass is 127. The van der Waals surface area contributed by atoms with Gasteiger partial charge in [-0.3, -0.25) is 9.59 Å². The molecule has 2 aromatic rings. The largest absolute Gasteiger partial charge is 0.493 e. The van der Waals surface area contributed by atoms with Crippen LogP contribution in [0.2, 0.25) is 0 Å². The van der Waals surface area contributed by atoms with Crippen LogP contribution >= 0.6 is 22.6 Å². The lowest BCUT2D eigenvalue weighted by atomic mass is 9.87. The van der Waals surface area contributed by atoms with E-state index in [9.17, 15) is 46.1 Å². The zero-order chi connectivity index (χ0) is 32.1. The van der Waals surface area contributed by atoms with Crippen LogP contribution in [0.4, 0.5) is 26.3 Å². The van der Waals surface area contributed by atoms with Crippen molar-refractivity contribution in [2.24, 2.45) is 0 Å². The Labute approximate surface area is 255 Å². The first kappa shape index (κ1) is 34.4. The first-order valence-corrected chi connectivity index (χ1v) is 13.6. The number of ether oxygens (including phenoxy) is 2. The number of rotatable bonds is 10. The van der Waals surface area contributed by atoms with E-state index in [-0.39, 0.29) is 35.1 Å². The van der Waals surface area contributed by atoms with Crippen LogP contribution in [-0.2, 0) is 17.6 Å². The highest BCUT2D eigenvalue weighted by Gasteiger charge is 2.45. The summed E-state index contributed by atoms with van der Waals surface area (Å²) in [6, 6.07) is 3.74. The van der Waals surface area contributed by atoms with Gasteiger partial charge in [-0.25, -0.2) is 0 Å². The second kappa shape index (κ2) is 14.1. The molecular weight excluding hydrogens is 705 g/mol. The van der Waals surface area contributed by atoms with Gasteiger partial charge in [0, 0.05) is 24.1 Å². The molecule has 2 amide bonds. The van der Waals surface area contributed by atoms with Gasteiger partial charge in [-0.05, 0) is 70.6 Å². The second-order valence-corrected chi connectivity index (χ2v) is 10.6. The number of amides is 2. The van der Waals surface area contributed by atoms with Crippen molar-refractivity contribution in [3.8, 4) is 11.5 Å². The summed E-state index contributed by atoms with van der Waals surface area (Å²) in [4.78, 5) is 26.5. The highest BCUT2D eigenvalue weighted by molar-refractivity contribution is 14.1. The Morgan fingerprint density at radius 3 is 2.28 bits per heavy atom. The van der Waals surface area contributed by atoms with Gasteiger partial charge in [0.2, 0.25) is 5.91 Å². The van der Waals surface area contributed by atoms with Gasteiger partial charge in [-0.2, -0.15) is 26.3 Å². The number of hydrogen-bond donors (Lipinski definition) is 4. The van der Waals surface area contributed by atoms with Crippen LogP contribution in [0, 0.1) is 3.57 Å². The molecule has 0 spiro atoms. The summed E-state index contributed by atoms with van der Waals surface area (Å²) in [7, 11) is 1.29. The van der Waals surface area contributed by atoms with E-state index in [1.165, 1.54) is 19.2 Å². The van der Waals surface area contributed by atoms with Crippen molar-refractivity contribution in [2.45, 2.75) is 43.6 Å². The smallest absolute Gasteiger partial charge is 0.416 e. The number of carbonyl (C=O) groups is 2. The second-order valence-electron chi connectivity index (χ2n) is 9.41. The minimum atomic E-state index is -5.00. The van der Waals surface area contributed by atoms with Crippen molar-refractivity contribution in [3.63, 3.8) is 0 Å². The van der Waals surface area contributed by atoms with Gasteiger partial charge >= 0.3 is 12.4 Å². The number of halogens is 7. The number of nitrogens with zero attached hydrogens (tertiary/aromatic N) is 1. The number of hydrogen-bond acceptors (Lipinski definition) is 7. The molecule has 0 aromatic heterocycles. The summed E-state index contributed by atoms with van der Waals surface area (Å²) in [6.45, 7) is -2.92. The molecule has 0 fully saturated rings. The number of methoxy groups -OCH3 is 1. The van der Waals surface area contributed by atoms with E-state index < -0.39 is 73.1 Å². The number of carbonyl (C=O) groups excluding carboxylic acids is 2. The van der Waals surface area contributed by atoms with Crippen molar-refractivity contribution in [1.29, 1.82) is 0 Å². The summed E-state index contributed by atoms with van der Waals surface area (Å²) in [5.41, 5.74) is -1.38. The Bertz CT molecular complexity index is 1330. The van der Waals surface area contributed by atoms with Crippen molar-refractivity contribution in [2.75, 3.05) is 26.8 Å². The van der Waals surface area contributed by atoms with Gasteiger partial charge in [0.05, 0.1) is 35.5 Å². The molecule has 0 radical (unpaired) electrons. The summed E-state index contributed by atoms with van der Waals surface area (Å²) in [6.07, 6.45) is -12.6. The average molecular weight is 732 g/mol. The van der Waals surface area contributed by atoms with Crippen molar-refractivity contribution in [3.05, 3.63) is 68.3 Å². The Hall–Kier alpha value is -3.09. The Kier molecular flexibility index (Phi) is 11.3. The van der Waals surface area contributed by atoms with Crippen LogP contribution in [0.15, 0.2) is 48.0 Å². The lowest BCUT2D eigenvalue weighted by molar-refractivity contribution is -0.151. The molecule has 0 bridgehead atoms. The van der Waals surface area contributed by atoms with E-state index in [1.807, 2.05) is 22.6 Å². The molecule has 2 aromatic carbocycles. The molecule has 0 saturated carbocycles. The van der Waals surface area contributed by atoms with Gasteiger partial charge in [0.1, 0.15) is 18.8 Å². The third kappa shape index (κ3) is 8.73. The molecule has 0 saturated heterocycles. The van der Waals surface area contributed by atoms with Crippen LogP contribution in [0.25, 0.3) is 0 Å². The van der Waals surface area contributed by atoms with E-state index in [0.29, 0.717) is 21.3 Å². The maximum atomic E-state index is 13.8. The summed E-state index contributed by atoms with van der Waals surface area (Å²) in [5, 5.41) is 32.2. The van der Waals surface area contributed by atoms with Crippen molar-refractivity contribution in [1.82, 2.24) is 10.2 Å². The molecule has 3 rings (SSSR count). The maximum absolute atomic E-state index is 13.8. The lowest BCUT2D eigenvalue weighted by Gasteiger charge is -2.41. The Morgan fingerprint density at radius 2 is 1.74 bits per heavy atom. The summed E-state index contributed by atoms with van der Waals surface area (Å²) >= 11 is 1.84. The van der Waals surface area contributed by atoms with Gasteiger partial charge in [0.25, 0.3) is 5.91 Å². The first-order chi connectivity index (χ1) is 20.1. The van der Waals surface area contributed by atoms with E-state index in [4.69, 9.17) is 14.6 Å². The number of nitrogens with one attached hydrogen (secondary N) is 1. The van der Waals surface area contributed by atoms with E-state index in [2.05, 4.69) is 5.32 Å². The maximum Gasteiger partial charge on any atom is 0.416 e. The van der Waals surface area contributed by atoms with E-state index >= 15 is 0 Å². The van der Waals surface area contributed by atoms with Crippen molar-refractivity contribution >= 4 is 34.4 Å². The normalized spacial score (nSPS) is 19.0. The van der Waals surface area contributed by atoms with Crippen LogP contribution in [0.3, 0.4) is 0 Å². The standard InChI is InChI=1S/C27H27F6IN2O7/c1-42-21-9-14(12-38)8-18(34)23(21)43-20-11-16(24(40)35-6-7-37)10-19(22(20)39)36(13-26(28,29)30)25(41)15-2-4-17(5-3-15)27(31,32)33/h2-5,8-9,11,19-20,22,37-39H,6-7,10,12-13H2,1H3,(H,35,40)/t19-,20+,22+/m1/s1. The molecule has 43 heavy (non-hydrogen) atoms. The Morgan fingerprint density at radius 1 is 1.09 bits per heavy atom. The molecule has 0 unspecified atom stereocenters. The molecule has 9 nitrogen and oxygen atoms in total. The quantitative estimate of drug-likeness (QED) is 0.218. The number of aliphatic hydroxyl groups excluding tert-OH is 3. The van der Waals surface area contributed by atoms with Gasteiger partial charge in [-0.1, -0.05) is 0 Å². The zero-order valence-electron chi connectivity index (χ0n) is 22.4. The SMILES string of the molecule is COc1cc(CO)cc(I)c1O[C@H]1C=C(C(=O)NCCO)C[C@@H](N(CC(F)(F)F)C(=O)c2ccc(C(F)(F)F)cc2)[C@@H]1O. The lowest BCUT2D eigenvalue weighted by Crippen LogP contribution is -2.57. The first-order valence-electron chi connectivity index (χ1n) is 12.6. The molecule has 0 heterocycles. The molecule has 16 heteroatoms. The van der Waals surface area contributed by atoms with Crippen molar-refractivity contribution < 1.29 is 60.7 Å². The third-order valence-electron chi connectivity index (χ3n) is 6.41. The van der Waals surface area contributed by atoms with Crippen LogP contribution in [0.1, 0.15) is 27.9 Å². The molecule has 1 aliphatic rings. The molecule has 236 valence electrons. The fraction of sp³-hybridized carbons (Fsp3) is 0.407. The zero-order valence-corrected chi connectivity index (χ0v) is 24.5. The van der Waals surface area contributed by atoms with Crippen LogP contribution < -0.4 is 14.8 Å². The predicted molar refractivity (Wildman–Crippen MR) is 147 cm³/mol. The Balaban J connectivity index is 2.08. The van der Waals surface area contributed by atoms with E-state index in [1.54, 1.807) is 0 Å². The van der Waals surface area contributed by atoms with Gasteiger partial charge in [-0.15, -0.1) is 0 Å². The van der Waals surface area contributed by atoms with Crippen LogP contribution in [0.5, 0.6) is 11.5 Å². The average Bonchev–Trinajstić information content (AvgIpc) is 2.95. The number of alkyl halides is 6. The predicted octanol–water partition coefficient (Wildman–Crippen LogP) is 3.43. The fourth-order valence-corrected chi connectivity index (χ4v) is 5.19. The minimum Gasteiger partial charge on any atom is -0.493 e. The third-order valence-corrected chi connectivity index (χ3v) is 7.21. The molecule has 1 aliphatic carbocycles. The topological polar surface area (TPSA) is 129 Å². The molecule has 0 aliphatic heterocycles. The fourth-order valence-electron chi connectivity index (χ4n) is 4.39. The van der Waals surface area contributed by atoms with Gasteiger partial charge in [0.15, 0.2) is 11.5 Å². The summed E-state index contributed by atoms with van der Waals surface area (Å²) < 4.78 is 92.0. The van der Waals surface area contributed by atoms with E-state index in [0.717, 1.165) is 18.2 Å². The van der Waals surface area contributed by atoms with Crippen LogP contribution in [-0.4, -0.2) is 83.3 Å². The summed E-state index contributed by atoms with van der Waals surface area (Å²) in [5.74, 6) is -2.04. The number of benzene rings is 2. The number of aliphatic hydroxyl groups is 3. The molecule has 3 atom stereocenters. The highest BCUT2D eigenvalue weighted by Crippen LogP contribution is 2.38. The molecular formula is C27H27F6IN2O7.